The number of nitrogens with one attached hydrogen (secondary N) is 1. The maximum atomic E-state index is 12.9. The van der Waals surface area contributed by atoms with Gasteiger partial charge in [-0.2, -0.15) is 4.31 Å². The molecule has 2 aliphatic rings. The van der Waals surface area contributed by atoms with E-state index < -0.39 is 15.6 Å². The summed E-state index contributed by atoms with van der Waals surface area (Å²) in [5, 5.41) is 7.79. The highest BCUT2D eigenvalue weighted by Gasteiger charge is 2.45. The summed E-state index contributed by atoms with van der Waals surface area (Å²) in [6, 6.07) is 11.9. The minimum atomic E-state index is -3.56. The second kappa shape index (κ2) is 9.02. The number of hydrogen-bond donors (Lipinski definition) is 1. The van der Waals surface area contributed by atoms with Crippen LogP contribution in [-0.2, 0) is 26.2 Å². The predicted octanol–water partition coefficient (Wildman–Crippen LogP) is 3.92. The first kappa shape index (κ1) is 23.0. The molecule has 1 fully saturated rings. The molecule has 0 radical (unpaired) electrons. The predicted molar refractivity (Wildman–Crippen MR) is 123 cm³/mol. The Morgan fingerprint density at radius 2 is 1.75 bits per heavy atom. The summed E-state index contributed by atoms with van der Waals surface area (Å²) in [7, 11) is -3.56. The van der Waals surface area contributed by atoms with Crippen LogP contribution in [0.3, 0.4) is 0 Å². The lowest BCUT2D eigenvalue weighted by Gasteiger charge is -2.36. The highest BCUT2D eigenvalue weighted by atomic mass is 35.5. The summed E-state index contributed by atoms with van der Waals surface area (Å²) >= 11 is 12.0. The molecule has 1 spiro atoms. The minimum Gasteiger partial charge on any atom is -0.388 e. The molecule has 4 rings (SSSR count). The highest BCUT2D eigenvalue weighted by Crippen LogP contribution is 2.36. The molecule has 0 bridgehead atoms. The number of sulfonamides is 1. The van der Waals surface area contributed by atoms with Gasteiger partial charge in [-0.3, -0.25) is 4.79 Å². The number of carbonyl (C=O) groups excluding carboxylic acids is 1. The fourth-order valence-corrected chi connectivity index (χ4v) is 5.91. The molecule has 0 unspecified atom stereocenters. The molecule has 1 N–H and O–H groups in total. The van der Waals surface area contributed by atoms with E-state index in [-0.39, 0.29) is 17.3 Å². The molecular weight excluding hydrogens is 473 g/mol. The van der Waals surface area contributed by atoms with Crippen molar-refractivity contribution in [2.45, 2.75) is 43.2 Å². The number of benzene rings is 2. The smallest absolute Gasteiger partial charge is 0.269 e. The van der Waals surface area contributed by atoms with E-state index in [1.807, 2.05) is 6.92 Å². The van der Waals surface area contributed by atoms with E-state index >= 15 is 0 Å². The van der Waals surface area contributed by atoms with Gasteiger partial charge >= 0.3 is 0 Å². The van der Waals surface area contributed by atoms with Crippen molar-refractivity contribution in [3.63, 3.8) is 0 Å². The van der Waals surface area contributed by atoms with Gasteiger partial charge in [0.1, 0.15) is 11.3 Å². The van der Waals surface area contributed by atoms with E-state index in [4.69, 9.17) is 28.0 Å². The first-order chi connectivity index (χ1) is 15.2. The van der Waals surface area contributed by atoms with Crippen molar-refractivity contribution in [2.75, 3.05) is 13.1 Å². The third-order valence-corrected chi connectivity index (χ3v) is 8.12. The standard InChI is InChI=1S/C22H23Cl2N3O4S/c1-15-2-4-19(5-3-15)32(29,30)27-8-6-22(7-9-27)13-20(26-31-22)21(28)25-14-16-10-17(23)12-18(24)11-16/h2-5,10-12H,6-9,13-14H2,1H3,(H,25,28). The van der Waals surface area contributed by atoms with Crippen LogP contribution in [0.2, 0.25) is 10.0 Å². The average Bonchev–Trinajstić information content (AvgIpc) is 3.15. The fourth-order valence-electron chi connectivity index (χ4n) is 3.90. The Bertz CT molecular complexity index is 1140. The van der Waals surface area contributed by atoms with Crippen LogP contribution in [0.1, 0.15) is 30.4 Å². The molecule has 2 aliphatic heterocycles. The Morgan fingerprint density at radius 1 is 1.12 bits per heavy atom. The van der Waals surface area contributed by atoms with Crippen LogP contribution in [-0.4, -0.2) is 43.0 Å². The van der Waals surface area contributed by atoms with Crippen molar-refractivity contribution in [3.8, 4) is 0 Å². The number of halogens is 2. The lowest BCUT2D eigenvalue weighted by Crippen LogP contribution is -2.47. The van der Waals surface area contributed by atoms with Crippen LogP contribution in [0.15, 0.2) is 52.5 Å². The molecule has 0 atom stereocenters. The van der Waals surface area contributed by atoms with Gasteiger partial charge in [-0.15, -0.1) is 0 Å². The number of amides is 1. The normalized spacial score (nSPS) is 18.3. The van der Waals surface area contributed by atoms with E-state index in [1.54, 1.807) is 42.5 Å². The number of piperidine rings is 1. The van der Waals surface area contributed by atoms with Gasteiger partial charge in [-0.05, 0) is 42.8 Å². The fraction of sp³-hybridized carbons (Fsp3) is 0.364. The van der Waals surface area contributed by atoms with Crippen molar-refractivity contribution in [1.29, 1.82) is 0 Å². The molecule has 0 aromatic heterocycles. The van der Waals surface area contributed by atoms with Gasteiger partial charge in [0.15, 0.2) is 0 Å². The van der Waals surface area contributed by atoms with E-state index in [2.05, 4.69) is 10.5 Å². The van der Waals surface area contributed by atoms with Gasteiger partial charge in [0.25, 0.3) is 5.91 Å². The summed E-state index contributed by atoms with van der Waals surface area (Å²) in [6.45, 7) is 2.79. The maximum Gasteiger partial charge on any atom is 0.269 e. The summed E-state index contributed by atoms with van der Waals surface area (Å²) in [6.07, 6.45) is 1.26. The van der Waals surface area contributed by atoms with Crippen molar-refractivity contribution < 1.29 is 18.0 Å². The number of nitrogens with zero attached hydrogens (tertiary/aromatic N) is 2. The Kier molecular flexibility index (Phi) is 6.49. The Balaban J connectivity index is 1.33. The number of oxime groups is 1. The van der Waals surface area contributed by atoms with Crippen LogP contribution in [0.25, 0.3) is 0 Å². The number of rotatable bonds is 5. The van der Waals surface area contributed by atoms with E-state index in [1.165, 1.54) is 4.31 Å². The Labute approximate surface area is 197 Å². The van der Waals surface area contributed by atoms with Crippen LogP contribution < -0.4 is 5.32 Å². The second-order valence-corrected chi connectivity index (χ2v) is 11.0. The van der Waals surface area contributed by atoms with Gasteiger partial charge in [0.2, 0.25) is 10.0 Å². The third-order valence-electron chi connectivity index (χ3n) is 5.77. The van der Waals surface area contributed by atoms with Crippen LogP contribution >= 0.6 is 23.2 Å². The molecule has 2 aromatic rings. The Morgan fingerprint density at radius 3 is 2.38 bits per heavy atom. The molecule has 2 aromatic carbocycles. The zero-order valence-corrected chi connectivity index (χ0v) is 19.8. The SMILES string of the molecule is Cc1ccc(S(=O)(=O)N2CCC3(CC2)CC(C(=O)NCc2cc(Cl)cc(Cl)c2)=NO3)cc1. The molecule has 7 nitrogen and oxygen atoms in total. The molecule has 2 heterocycles. The third kappa shape index (κ3) is 4.93. The topological polar surface area (TPSA) is 88.1 Å². The monoisotopic (exact) mass is 495 g/mol. The van der Waals surface area contributed by atoms with Crippen molar-refractivity contribution in [3.05, 3.63) is 63.6 Å². The molecular formula is C22H23Cl2N3O4S. The molecule has 0 aliphatic carbocycles. The van der Waals surface area contributed by atoms with Gasteiger partial charge in [0.05, 0.1) is 4.90 Å². The van der Waals surface area contributed by atoms with Gasteiger partial charge < -0.3 is 10.2 Å². The van der Waals surface area contributed by atoms with Crippen molar-refractivity contribution in [1.82, 2.24) is 9.62 Å². The lowest BCUT2D eigenvalue weighted by atomic mass is 9.87. The first-order valence-electron chi connectivity index (χ1n) is 10.2. The maximum absolute atomic E-state index is 12.9. The number of hydrogen-bond acceptors (Lipinski definition) is 5. The Hall–Kier alpha value is -2.13. The van der Waals surface area contributed by atoms with Crippen LogP contribution in [0.5, 0.6) is 0 Å². The van der Waals surface area contributed by atoms with Gasteiger partial charge in [-0.1, -0.05) is 46.1 Å². The molecule has 170 valence electrons. The molecule has 0 saturated carbocycles. The zero-order chi connectivity index (χ0) is 22.9. The van der Waals surface area contributed by atoms with E-state index in [9.17, 15) is 13.2 Å². The van der Waals surface area contributed by atoms with E-state index in [0.717, 1.165) is 11.1 Å². The minimum absolute atomic E-state index is 0.258. The molecule has 1 saturated heterocycles. The molecule has 32 heavy (non-hydrogen) atoms. The first-order valence-corrected chi connectivity index (χ1v) is 12.4. The summed E-state index contributed by atoms with van der Waals surface area (Å²) < 4.78 is 27.3. The van der Waals surface area contributed by atoms with Gasteiger partial charge in [-0.25, -0.2) is 8.42 Å². The number of aryl methyl sites for hydroxylation is 1. The van der Waals surface area contributed by atoms with E-state index in [0.29, 0.717) is 48.1 Å². The second-order valence-electron chi connectivity index (χ2n) is 8.17. The van der Waals surface area contributed by atoms with Crippen molar-refractivity contribution >= 4 is 44.8 Å². The lowest BCUT2D eigenvalue weighted by molar-refractivity contribution is -0.115. The summed E-state index contributed by atoms with van der Waals surface area (Å²) in [5.74, 6) is -0.326. The van der Waals surface area contributed by atoms with Gasteiger partial charge in [0, 0.05) is 48.9 Å². The number of carbonyl (C=O) groups is 1. The van der Waals surface area contributed by atoms with Crippen molar-refractivity contribution in [2.24, 2.45) is 5.16 Å². The average molecular weight is 496 g/mol. The zero-order valence-electron chi connectivity index (χ0n) is 17.5. The summed E-state index contributed by atoms with van der Waals surface area (Å²) in [5.41, 5.74) is 1.43. The quantitative estimate of drug-likeness (QED) is 0.680. The molecule has 10 heteroatoms. The summed E-state index contributed by atoms with van der Waals surface area (Å²) in [4.78, 5) is 18.5. The highest BCUT2D eigenvalue weighted by molar-refractivity contribution is 7.89. The van der Waals surface area contributed by atoms with Crippen LogP contribution in [0.4, 0.5) is 0 Å². The molecule has 1 amide bonds. The largest absolute Gasteiger partial charge is 0.388 e. The van der Waals surface area contributed by atoms with Crippen LogP contribution in [0, 0.1) is 6.92 Å².